The molecule has 0 aliphatic heterocycles. The number of benzene rings is 2. The molecule has 0 unspecified atom stereocenters. The number of nitrogens with one attached hydrogen (secondary N) is 1. The molecule has 2 aromatic carbocycles. The summed E-state index contributed by atoms with van der Waals surface area (Å²) in [5, 5.41) is 11.7. The maximum absolute atomic E-state index is 12.0. The average Bonchev–Trinajstić information content (AvgIpc) is 2.60. The molecule has 0 radical (unpaired) electrons. The minimum absolute atomic E-state index is 0.110. The van der Waals surface area contributed by atoms with E-state index in [1.807, 2.05) is 30.3 Å². The van der Waals surface area contributed by atoms with Gasteiger partial charge in [0.1, 0.15) is 12.4 Å². The number of carboxylic acid groups (broad SMARTS) is 1. The number of ether oxygens (including phenoxy) is 2. The number of methoxy groups -OCH3 is 1. The summed E-state index contributed by atoms with van der Waals surface area (Å²) in [6, 6.07) is 15.4. The van der Waals surface area contributed by atoms with Gasteiger partial charge in [-0.15, -0.1) is 0 Å². The molecule has 0 bridgehead atoms. The first-order valence-corrected chi connectivity index (χ1v) is 7.42. The fourth-order valence-corrected chi connectivity index (χ4v) is 2.27. The SMILES string of the molecule is COc1ccccc1[C@H](CC(=O)O)NC(=O)OCc1ccccc1. The molecule has 2 aromatic rings. The Hall–Kier alpha value is -3.02. The highest BCUT2D eigenvalue weighted by atomic mass is 16.5. The Balaban J connectivity index is 2.05. The number of carboxylic acids is 1. The maximum Gasteiger partial charge on any atom is 0.407 e. The number of aliphatic carboxylic acids is 1. The standard InChI is InChI=1S/C18H19NO5/c1-23-16-10-6-5-9-14(16)15(11-17(20)21)19-18(22)24-12-13-7-3-2-4-8-13/h2-10,15H,11-12H2,1H3,(H,19,22)(H,20,21)/t15-/m0/s1. The van der Waals surface area contributed by atoms with E-state index in [1.54, 1.807) is 24.3 Å². The maximum atomic E-state index is 12.0. The van der Waals surface area contributed by atoms with Crippen LogP contribution in [0.4, 0.5) is 4.79 Å². The molecular weight excluding hydrogens is 310 g/mol. The minimum Gasteiger partial charge on any atom is -0.496 e. The molecule has 2 rings (SSSR count). The van der Waals surface area contributed by atoms with Gasteiger partial charge in [0.15, 0.2) is 0 Å². The highest BCUT2D eigenvalue weighted by Gasteiger charge is 2.21. The largest absolute Gasteiger partial charge is 0.496 e. The zero-order valence-corrected chi connectivity index (χ0v) is 13.3. The van der Waals surface area contributed by atoms with Gasteiger partial charge in [-0.05, 0) is 11.6 Å². The summed E-state index contributed by atoms with van der Waals surface area (Å²) in [7, 11) is 1.49. The third-order valence-electron chi connectivity index (χ3n) is 3.40. The van der Waals surface area contributed by atoms with Crippen molar-refractivity contribution in [2.45, 2.75) is 19.1 Å². The third-order valence-corrected chi connectivity index (χ3v) is 3.40. The summed E-state index contributed by atoms with van der Waals surface area (Å²) in [5.74, 6) is -0.527. The van der Waals surface area contributed by atoms with Crippen LogP contribution >= 0.6 is 0 Å². The topological polar surface area (TPSA) is 84.9 Å². The molecule has 0 saturated carbocycles. The Kier molecular flexibility index (Phi) is 6.19. The Morgan fingerprint density at radius 1 is 1.08 bits per heavy atom. The first-order valence-electron chi connectivity index (χ1n) is 7.42. The summed E-state index contributed by atoms with van der Waals surface area (Å²) in [5.41, 5.74) is 1.43. The van der Waals surface area contributed by atoms with Gasteiger partial charge in [0.25, 0.3) is 0 Å². The number of para-hydroxylation sites is 1. The Morgan fingerprint density at radius 3 is 2.42 bits per heavy atom. The van der Waals surface area contributed by atoms with Crippen LogP contribution in [0.15, 0.2) is 54.6 Å². The first kappa shape index (κ1) is 17.3. The lowest BCUT2D eigenvalue weighted by molar-refractivity contribution is -0.137. The lowest BCUT2D eigenvalue weighted by Crippen LogP contribution is -2.31. The van der Waals surface area contributed by atoms with E-state index in [1.165, 1.54) is 7.11 Å². The second-order valence-electron chi connectivity index (χ2n) is 5.10. The van der Waals surface area contributed by atoms with Crippen molar-refractivity contribution in [3.63, 3.8) is 0 Å². The van der Waals surface area contributed by atoms with E-state index < -0.39 is 18.1 Å². The van der Waals surface area contributed by atoms with Crippen molar-refractivity contribution in [2.75, 3.05) is 7.11 Å². The fraction of sp³-hybridized carbons (Fsp3) is 0.222. The monoisotopic (exact) mass is 329 g/mol. The van der Waals surface area contributed by atoms with Crippen LogP contribution in [-0.2, 0) is 16.1 Å². The van der Waals surface area contributed by atoms with Crippen LogP contribution < -0.4 is 10.1 Å². The van der Waals surface area contributed by atoms with Gasteiger partial charge >= 0.3 is 12.1 Å². The van der Waals surface area contributed by atoms with Crippen molar-refractivity contribution in [3.05, 3.63) is 65.7 Å². The van der Waals surface area contributed by atoms with Crippen molar-refractivity contribution in [2.24, 2.45) is 0 Å². The predicted molar refractivity (Wildman–Crippen MR) is 87.8 cm³/mol. The van der Waals surface area contributed by atoms with Crippen molar-refractivity contribution < 1.29 is 24.2 Å². The Bertz CT molecular complexity index is 687. The summed E-state index contributed by atoms with van der Waals surface area (Å²) >= 11 is 0. The number of hydrogen-bond donors (Lipinski definition) is 2. The Labute approximate surface area is 140 Å². The zero-order chi connectivity index (χ0) is 17.4. The van der Waals surface area contributed by atoms with Crippen LogP contribution in [0.3, 0.4) is 0 Å². The number of hydrogen-bond acceptors (Lipinski definition) is 4. The quantitative estimate of drug-likeness (QED) is 0.815. The normalized spacial score (nSPS) is 11.4. The molecule has 0 fully saturated rings. The van der Waals surface area contributed by atoms with Gasteiger partial charge in [-0.2, -0.15) is 0 Å². The van der Waals surface area contributed by atoms with E-state index in [0.717, 1.165) is 5.56 Å². The lowest BCUT2D eigenvalue weighted by Gasteiger charge is -2.19. The zero-order valence-electron chi connectivity index (χ0n) is 13.3. The van der Waals surface area contributed by atoms with E-state index in [0.29, 0.717) is 11.3 Å². The van der Waals surface area contributed by atoms with Crippen LogP contribution in [0.5, 0.6) is 5.75 Å². The van der Waals surface area contributed by atoms with Crippen molar-refractivity contribution in [1.82, 2.24) is 5.32 Å². The second kappa shape index (κ2) is 8.57. The van der Waals surface area contributed by atoms with E-state index in [2.05, 4.69) is 5.32 Å². The molecule has 1 atom stereocenters. The van der Waals surface area contributed by atoms with Gasteiger partial charge in [-0.3, -0.25) is 4.79 Å². The van der Waals surface area contributed by atoms with Crippen LogP contribution in [0.25, 0.3) is 0 Å². The van der Waals surface area contributed by atoms with E-state index in [4.69, 9.17) is 14.6 Å². The summed E-state index contributed by atoms with van der Waals surface area (Å²) in [6.45, 7) is 0.110. The first-order chi connectivity index (χ1) is 11.6. The molecule has 126 valence electrons. The smallest absolute Gasteiger partial charge is 0.407 e. The Morgan fingerprint density at radius 2 is 1.75 bits per heavy atom. The molecule has 2 N–H and O–H groups in total. The number of carbonyl (C=O) groups excluding carboxylic acids is 1. The van der Waals surface area contributed by atoms with E-state index in [-0.39, 0.29) is 13.0 Å². The molecule has 6 nitrogen and oxygen atoms in total. The van der Waals surface area contributed by atoms with Gasteiger partial charge in [0, 0.05) is 5.56 Å². The van der Waals surface area contributed by atoms with Gasteiger partial charge in [-0.25, -0.2) is 4.79 Å². The van der Waals surface area contributed by atoms with Gasteiger partial charge in [-0.1, -0.05) is 48.5 Å². The molecule has 6 heteroatoms. The molecule has 0 aromatic heterocycles. The van der Waals surface area contributed by atoms with Crippen molar-refractivity contribution in [1.29, 1.82) is 0 Å². The number of carbonyl (C=O) groups is 2. The lowest BCUT2D eigenvalue weighted by atomic mass is 10.0. The molecule has 24 heavy (non-hydrogen) atoms. The summed E-state index contributed by atoms with van der Waals surface area (Å²) in [4.78, 5) is 23.1. The number of rotatable bonds is 7. The van der Waals surface area contributed by atoms with Gasteiger partial charge < -0.3 is 19.9 Å². The summed E-state index contributed by atoms with van der Waals surface area (Å²) < 4.78 is 10.4. The van der Waals surface area contributed by atoms with Gasteiger partial charge in [0.2, 0.25) is 0 Å². The second-order valence-corrected chi connectivity index (χ2v) is 5.10. The molecule has 0 saturated heterocycles. The third kappa shape index (κ3) is 5.01. The number of amides is 1. The number of alkyl carbamates (subject to hydrolysis) is 1. The summed E-state index contributed by atoms with van der Waals surface area (Å²) in [6.07, 6.45) is -0.961. The molecule has 0 aliphatic carbocycles. The highest BCUT2D eigenvalue weighted by Crippen LogP contribution is 2.27. The van der Waals surface area contributed by atoms with Crippen LogP contribution in [0.2, 0.25) is 0 Å². The fourth-order valence-electron chi connectivity index (χ4n) is 2.27. The van der Waals surface area contributed by atoms with Crippen LogP contribution in [-0.4, -0.2) is 24.3 Å². The molecule has 0 aliphatic rings. The highest BCUT2D eigenvalue weighted by molar-refractivity contribution is 5.72. The molecular formula is C18H19NO5. The van der Waals surface area contributed by atoms with Gasteiger partial charge in [0.05, 0.1) is 19.6 Å². The van der Waals surface area contributed by atoms with E-state index >= 15 is 0 Å². The molecule has 0 heterocycles. The van der Waals surface area contributed by atoms with Crippen molar-refractivity contribution in [3.8, 4) is 5.75 Å². The molecule has 0 spiro atoms. The van der Waals surface area contributed by atoms with Crippen LogP contribution in [0, 0.1) is 0 Å². The van der Waals surface area contributed by atoms with E-state index in [9.17, 15) is 9.59 Å². The predicted octanol–water partition coefficient (Wildman–Crippen LogP) is 3.14. The van der Waals surface area contributed by atoms with Crippen molar-refractivity contribution >= 4 is 12.1 Å². The minimum atomic E-state index is -1.03. The average molecular weight is 329 g/mol. The molecule has 1 amide bonds. The van der Waals surface area contributed by atoms with Crippen LogP contribution in [0.1, 0.15) is 23.6 Å².